The quantitative estimate of drug-likeness (QED) is 0.855. The highest BCUT2D eigenvalue weighted by atomic mass is 35.5. The van der Waals surface area contributed by atoms with Gasteiger partial charge in [0.2, 0.25) is 10.0 Å². The van der Waals surface area contributed by atoms with Gasteiger partial charge in [-0.05, 0) is 68.8 Å². The van der Waals surface area contributed by atoms with Gasteiger partial charge in [-0.3, -0.25) is 0 Å². The van der Waals surface area contributed by atoms with E-state index in [0.717, 1.165) is 25.3 Å². The lowest BCUT2D eigenvalue weighted by Gasteiger charge is -2.32. The van der Waals surface area contributed by atoms with Crippen LogP contribution in [0.1, 0.15) is 31.2 Å². The third-order valence-corrected chi connectivity index (χ3v) is 6.89. The average molecular weight is 379 g/mol. The third kappa shape index (κ3) is 4.60. The Morgan fingerprint density at radius 1 is 1.22 bits per heavy atom. The van der Waals surface area contributed by atoms with Gasteiger partial charge in [-0.15, -0.1) is 12.4 Å². The Bertz CT molecular complexity index is 639. The van der Waals surface area contributed by atoms with Crippen LogP contribution in [0.5, 0.6) is 0 Å². The first-order chi connectivity index (χ1) is 10.5. The maximum atomic E-state index is 12.8. The van der Waals surface area contributed by atoms with Crippen LogP contribution in [0.15, 0.2) is 23.1 Å². The van der Waals surface area contributed by atoms with Gasteiger partial charge in [0.15, 0.2) is 0 Å². The van der Waals surface area contributed by atoms with Crippen molar-refractivity contribution >= 4 is 34.0 Å². The Morgan fingerprint density at radius 3 is 2.43 bits per heavy atom. The first-order valence-corrected chi connectivity index (χ1v) is 9.78. The summed E-state index contributed by atoms with van der Waals surface area (Å²) in [6, 6.07) is 5.42. The smallest absolute Gasteiger partial charge is 0.243 e. The number of nitrogens with zero attached hydrogens (tertiary/aromatic N) is 1. The first kappa shape index (κ1) is 19.0. The lowest BCUT2D eigenvalue weighted by atomic mass is 10.1. The second-order valence-electron chi connectivity index (χ2n) is 6.44. The zero-order valence-corrected chi connectivity index (χ0v) is 15.7. The molecule has 1 N–H and O–H groups in total. The molecule has 23 heavy (non-hydrogen) atoms. The zero-order chi connectivity index (χ0) is 15.7. The molecule has 4 nitrogen and oxygen atoms in total. The molecule has 1 aromatic rings. The number of sulfonamides is 1. The van der Waals surface area contributed by atoms with E-state index in [1.807, 2.05) is 0 Å². The van der Waals surface area contributed by atoms with Gasteiger partial charge in [0.05, 0.1) is 4.90 Å². The molecule has 0 unspecified atom stereocenters. The Balaban J connectivity index is 0.00000192. The fourth-order valence-electron chi connectivity index (χ4n) is 3.00. The topological polar surface area (TPSA) is 49.4 Å². The lowest BCUT2D eigenvalue weighted by Crippen LogP contribution is -2.45. The molecule has 2 fully saturated rings. The molecule has 1 heterocycles. The molecule has 1 saturated carbocycles. The van der Waals surface area contributed by atoms with E-state index in [-0.39, 0.29) is 12.4 Å². The Kier molecular flexibility index (Phi) is 6.36. The average Bonchev–Trinajstić information content (AvgIpc) is 3.29. The summed E-state index contributed by atoms with van der Waals surface area (Å²) in [5, 5.41) is 4.14. The Labute approximate surface area is 150 Å². The Morgan fingerprint density at radius 2 is 1.87 bits per heavy atom. The summed E-state index contributed by atoms with van der Waals surface area (Å²) in [4.78, 5) is 0.376. The lowest BCUT2D eigenvalue weighted by molar-refractivity contribution is 0.288. The molecule has 0 atom stereocenters. The summed E-state index contributed by atoms with van der Waals surface area (Å²) in [6.45, 7) is 4.07. The third-order valence-electron chi connectivity index (χ3n) is 4.60. The van der Waals surface area contributed by atoms with E-state index in [9.17, 15) is 8.42 Å². The molecule has 0 radical (unpaired) electrons. The number of hydrogen-bond donors (Lipinski definition) is 1. The number of hydrogen-bond acceptors (Lipinski definition) is 3. The standard InChI is InChI=1S/C16H23ClN2O2S.ClH/c1-12-10-14(17)4-5-16(12)22(20,21)19-8-6-15(7-9-19)18-11-13-2-3-13;/h4-5,10,13,15,18H,2-3,6-9,11H2,1H3;1H. The van der Waals surface area contributed by atoms with Crippen LogP contribution in [0, 0.1) is 12.8 Å². The van der Waals surface area contributed by atoms with Gasteiger partial charge in [0.1, 0.15) is 0 Å². The van der Waals surface area contributed by atoms with Gasteiger partial charge in [-0.1, -0.05) is 11.6 Å². The van der Waals surface area contributed by atoms with Crippen molar-refractivity contribution in [2.45, 2.75) is 43.5 Å². The van der Waals surface area contributed by atoms with E-state index in [0.29, 0.717) is 34.6 Å². The molecule has 1 saturated heterocycles. The molecule has 1 aliphatic heterocycles. The summed E-state index contributed by atoms with van der Waals surface area (Å²) < 4.78 is 27.1. The number of aryl methyl sites for hydroxylation is 1. The van der Waals surface area contributed by atoms with Gasteiger partial charge in [0, 0.05) is 24.2 Å². The molecule has 0 spiro atoms. The predicted molar refractivity (Wildman–Crippen MR) is 95.9 cm³/mol. The molecule has 1 aliphatic carbocycles. The largest absolute Gasteiger partial charge is 0.314 e. The van der Waals surface area contributed by atoms with E-state index >= 15 is 0 Å². The van der Waals surface area contributed by atoms with Crippen LogP contribution in [0.4, 0.5) is 0 Å². The van der Waals surface area contributed by atoms with Crippen LogP contribution in [0.3, 0.4) is 0 Å². The van der Waals surface area contributed by atoms with E-state index in [1.54, 1.807) is 29.4 Å². The van der Waals surface area contributed by atoms with Crippen molar-refractivity contribution < 1.29 is 8.42 Å². The van der Waals surface area contributed by atoms with Gasteiger partial charge < -0.3 is 5.32 Å². The van der Waals surface area contributed by atoms with Gasteiger partial charge in [-0.2, -0.15) is 4.31 Å². The van der Waals surface area contributed by atoms with Crippen molar-refractivity contribution in [3.63, 3.8) is 0 Å². The van der Waals surface area contributed by atoms with Gasteiger partial charge in [-0.25, -0.2) is 8.42 Å². The fraction of sp³-hybridized carbons (Fsp3) is 0.625. The minimum absolute atomic E-state index is 0. The maximum absolute atomic E-state index is 12.8. The van der Waals surface area contributed by atoms with Gasteiger partial charge >= 0.3 is 0 Å². The predicted octanol–water partition coefficient (Wildman–Crippen LogP) is 3.22. The minimum Gasteiger partial charge on any atom is -0.314 e. The maximum Gasteiger partial charge on any atom is 0.243 e. The molecular formula is C16H24Cl2N2O2S. The van der Waals surface area contributed by atoms with E-state index in [2.05, 4.69) is 5.32 Å². The van der Waals surface area contributed by atoms with E-state index in [1.165, 1.54) is 12.8 Å². The monoisotopic (exact) mass is 378 g/mol. The number of piperidine rings is 1. The van der Waals surface area contributed by atoms with Crippen molar-refractivity contribution in [1.29, 1.82) is 0 Å². The van der Waals surface area contributed by atoms with Crippen LogP contribution in [0.2, 0.25) is 5.02 Å². The van der Waals surface area contributed by atoms with Crippen LogP contribution in [-0.4, -0.2) is 38.4 Å². The molecule has 3 rings (SSSR count). The number of halogens is 2. The van der Waals surface area contributed by atoms with Crippen molar-refractivity contribution in [3.05, 3.63) is 28.8 Å². The zero-order valence-electron chi connectivity index (χ0n) is 13.3. The highest BCUT2D eigenvalue weighted by molar-refractivity contribution is 7.89. The summed E-state index contributed by atoms with van der Waals surface area (Å²) in [7, 11) is -3.40. The highest BCUT2D eigenvalue weighted by Crippen LogP contribution is 2.29. The van der Waals surface area contributed by atoms with E-state index < -0.39 is 10.0 Å². The molecule has 1 aromatic carbocycles. The molecule has 0 aromatic heterocycles. The fourth-order valence-corrected chi connectivity index (χ4v) is 4.90. The highest BCUT2D eigenvalue weighted by Gasteiger charge is 2.31. The summed E-state index contributed by atoms with van der Waals surface area (Å²) in [5.74, 6) is 0.860. The Hall–Kier alpha value is -0.330. The molecule has 0 amide bonds. The van der Waals surface area contributed by atoms with Crippen molar-refractivity contribution in [1.82, 2.24) is 9.62 Å². The molecule has 130 valence electrons. The normalized spacial score (nSPS) is 20.3. The number of benzene rings is 1. The molecule has 2 aliphatic rings. The van der Waals surface area contributed by atoms with Gasteiger partial charge in [0.25, 0.3) is 0 Å². The summed E-state index contributed by atoms with van der Waals surface area (Å²) >= 11 is 5.92. The van der Waals surface area contributed by atoms with Crippen LogP contribution < -0.4 is 5.32 Å². The second-order valence-corrected chi connectivity index (χ2v) is 8.78. The number of nitrogens with one attached hydrogen (secondary N) is 1. The first-order valence-electron chi connectivity index (χ1n) is 7.96. The van der Waals surface area contributed by atoms with E-state index in [4.69, 9.17) is 11.6 Å². The van der Waals surface area contributed by atoms with Crippen LogP contribution in [-0.2, 0) is 10.0 Å². The molecule has 0 bridgehead atoms. The van der Waals surface area contributed by atoms with Crippen LogP contribution >= 0.6 is 24.0 Å². The number of rotatable bonds is 5. The molecule has 7 heteroatoms. The van der Waals surface area contributed by atoms with Crippen LogP contribution in [0.25, 0.3) is 0 Å². The summed E-state index contributed by atoms with van der Waals surface area (Å²) in [6.07, 6.45) is 4.46. The summed E-state index contributed by atoms with van der Waals surface area (Å²) in [5.41, 5.74) is 0.710. The van der Waals surface area contributed by atoms with Crippen molar-refractivity contribution in [2.75, 3.05) is 19.6 Å². The minimum atomic E-state index is -3.40. The van der Waals surface area contributed by atoms with Crippen molar-refractivity contribution in [3.8, 4) is 0 Å². The SMILES string of the molecule is Cc1cc(Cl)ccc1S(=O)(=O)N1CCC(NCC2CC2)CC1.Cl. The second kappa shape index (κ2) is 7.70. The molecular weight excluding hydrogens is 355 g/mol. The van der Waals surface area contributed by atoms with Crippen molar-refractivity contribution in [2.24, 2.45) is 5.92 Å².